The first kappa shape index (κ1) is 21.7. The lowest BCUT2D eigenvalue weighted by Gasteiger charge is -2.36. The molecule has 1 unspecified atom stereocenters. The number of nitrogens with zero attached hydrogens (tertiary/aromatic N) is 3. The molecule has 1 atom stereocenters. The second-order valence-corrected chi connectivity index (χ2v) is 10.7. The number of fused-ring (bicyclic) bond motifs is 1. The van der Waals surface area contributed by atoms with E-state index in [-0.39, 0.29) is 34.8 Å². The molecule has 0 spiro atoms. The Balaban J connectivity index is 1.71. The van der Waals surface area contributed by atoms with Gasteiger partial charge in [-0.25, -0.2) is 12.8 Å². The van der Waals surface area contributed by atoms with Crippen LogP contribution in [0.2, 0.25) is 0 Å². The number of halogens is 1. The van der Waals surface area contributed by atoms with Crippen molar-refractivity contribution < 1.29 is 12.8 Å². The van der Waals surface area contributed by atoms with Crippen LogP contribution in [0.1, 0.15) is 32.4 Å². The summed E-state index contributed by atoms with van der Waals surface area (Å²) in [4.78, 5) is 18.0. The fourth-order valence-electron chi connectivity index (χ4n) is 4.41. The van der Waals surface area contributed by atoms with Crippen LogP contribution in [0.25, 0.3) is 22.2 Å². The molecular weight excluding hydrogens is 419 g/mol. The molecule has 1 aliphatic heterocycles. The molecule has 7 nitrogen and oxygen atoms in total. The van der Waals surface area contributed by atoms with Crippen LogP contribution in [0, 0.1) is 11.7 Å². The van der Waals surface area contributed by atoms with Crippen LogP contribution < -0.4 is 5.56 Å². The van der Waals surface area contributed by atoms with Gasteiger partial charge in [-0.2, -0.15) is 5.10 Å². The molecule has 166 valence electrons. The minimum absolute atomic E-state index is 0.108. The second-order valence-electron chi connectivity index (χ2n) is 8.38. The van der Waals surface area contributed by atoms with Gasteiger partial charge < -0.3 is 4.98 Å². The van der Waals surface area contributed by atoms with Gasteiger partial charge in [0.05, 0.1) is 28.6 Å². The van der Waals surface area contributed by atoms with Gasteiger partial charge in [-0.05, 0) is 37.1 Å². The van der Waals surface area contributed by atoms with Gasteiger partial charge in [-0.3, -0.25) is 14.4 Å². The average Bonchev–Trinajstić information content (AvgIpc) is 3.14. The maximum Gasteiger partial charge on any atom is 0.253 e. The minimum atomic E-state index is -3.00. The summed E-state index contributed by atoms with van der Waals surface area (Å²) in [6, 6.07) is 6.62. The molecule has 3 heterocycles. The Hall–Kier alpha value is -2.52. The summed E-state index contributed by atoms with van der Waals surface area (Å²) in [6.07, 6.45) is 1.51. The monoisotopic (exact) mass is 446 g/mol. The number of aromatic amines is 1. The van der Waals surface area contributed by atoms with Crippen molar-refractivity contribution in [1.29, 1.82) is 0 Å². The highest BCUT2D eigenvalue weighted by atomic mass is 32.2. The van der Waals surface area contributed by atoms with E-state index in [4.69, 9.17) is 0 Å². The molecule has 9 heteroatoms. The lowest BCUT2D eigenvalue weighted by atomic mass is 9.94. The molecule has 0 saturated carbocycles. The molecule has 1 N–H and O–H groups in total. The van der Waals surface area contributed by atoms with Gasteiger partial charge in [0.15, 0.2) is 9.84 Å². The zero-order valence-electron chi connectivity index (χ0n) is 17.9. The average molecular weight is 447 g/mol. The fraction of sp³-hybridized carbons (Fsp3) is 0.455. The lowest BCUT2D eigenvalue weighted by molar-refractivity contribution is 0.167. The molecule has 1 aromatic carbocycles. The molecule has 0 amide bonds. The zero-order chi connectivity index (χ0) is 22.3. The summed E-state index contributed by atoms with van der Waals surface area (Å²) in [5.41, 5.74) is 2.14. The highest BCUT2D eigenvalue weighted by molar-refractivity contribution is 7.91. The van der Waals surface area contributed by atoms with E-state index in [0.29, 0.717) is 47.4 Å². The fourth-order valence-corrected chi connectivity index (χ4v) is 5.64. The highest BCUT2D eigenvalue weighted by Crippen LogP contribution is 2.30. The predicted molar refractivity (Wildman–Crippen MR) is 119 cm³/mol. The number of aromatic nitrogens is 3. The minimum Gasteiger partial charge on any atom is -0.322 e. The van der Waals surface area contributed by atoms with E-state index < -0.39 is 9.84 Å². The smallest absolute Gasteiger partial charge is 0.253 e. The van der Waals surface area contributed by atoms with Crippen molar-refractivity contribution in [3.63, 3.8) is 0 Å². The molecule has 0 aliphatic carbocycles. The van der Waals surface area contributed by atoms with Crippen LogP contribution in [0.3, 0.4) is 0 Å². The number of aryl methyl sites for hydroxylation is 1. The van der Waals surface area contributed by atoms with E-state index in [1.54, 1.807) is 16.8 Å². The van der Waals surface area contributed by atoms with Gasteiger partial charge in [0.25, 0.3) is 5.56 Å². The van der Waals surface area contributed by atoms with E-state index in [1.165, 1.54) is 12.3 Å². The van der Waals surface area contributed by atoms with E-state index in [1.807, 2.05) is 26.8 Å². The molecular formula is C22H27FN4O3S. The maximum atomic E-state index is 14.6. The summed E-state index contributed by atoms with van der Waals surface area (Å²) in [6.45, 7) is 7.42. The number of hydrogen-bond donors (Lipinski definition) is 1. The highest BCUT2D eigenvalue weighted by Gasteiger charge is 2.31. The van der Waals surface area contributed by atoms with E-state index in [9.17, 15) is 17.6 Å². The number of sulfone groups is 1. The second kappa shape index (κ2) is 8.20. The third kappa shape index (κ3) is 4.16. The molecule has 0 radical (unpaired) electrons. The lowest BCUT2D eigenvalue weighted by Crippen LogP contribution is -2.45. The van der Waals surface area contributed by atoms with Crippen LogP contribution in [-0.4, -0.2) is 52.7 Å². The number of hydrogen-bond acceptors (Lipinski definition) is 5. The molecule has 1 fully saturated rings. The zero-order valence-corrected chi connectivity index (χ0v) is 18.7. The summed E-state index contributed by atoms with van der Waals surface area (Å²) in [5.74, 6) is -0.0418. The third-order valence-electron chi connectivity index (χ3n) is 5.99. The van der Waals surface area contributed by atoms with Crippen molar-refractivity contribution in [3.05, 3.63) is 52.2 Å². The Morgan fingerprint density at radius 2 is 1.90 bits per heavy atom. The van der Waals surface area contributed by atoms with Gasteiger partial charge in [-0.15, -0.1) is 0 Å². The van der Waals surface area contributed by atoms with Crippen molar-refractivity contribution in [2.75, 3.05) is 24.6 Å². The topological polar surface area (TPSA) is 88.1 Å². The van der Waals surface area contributed by atoms with Gasteiger partial charge in [-0.1, -0.05) is 13.8 Å². The van der Waals surface area contributed by atoms with E-state index >= 15 is 0 Å². The van der Waals surface area contributed by atoms with Crippen molar-refractivity contribution in [2.45, 2.75) is 33.4 Å². The third-order valence-corrected chi connectivity index (χ3v) is 7.59. The first-order valence-electron chi connectivity index (χ1n) is 10.5. The number of benzene rings is 1. The summed E-state index contributed by atoms with van der Waals surface area (Å²) < 4.78 is 39.9. The van der Waals surface area contributed by atoms with Gasteiger partial charge in [0.2, 0.25) is 0 Å². The Morgan fingerprint density at radius 1 is 1.19 bits per heavy atom. The molecule has 4 rings (SSSR count). The van der Waals surface area contributed by atoms with E-state index in [0.717, 1.165) is 0 Å². The number of pyridine rings is 1. The SMILES string of the molecule is CCn1ncc2c(F)cc(-c3ccc(C(C(C)C)N4CCS(=O)(=O)CC4)c(=O)[nH]3)cc21. The molecule has 2 aromatic heterocycles. The van der Waals surface area contributed by atoms with Crippen LogP contribution >= 0.6 is 0 Å². The standard InChI is InChI=1S/C22H27FN4O3S/c1-4-27-20-12-15(11-18(23)17(20)13-24-27)19-6-5-16(22(28)25-19)21(14(2)3)26-7-9-31(29,30)10-8-26/h5-6,11-14,21H,4,7-10H2,1-3H3,(H,25,28). The van der Waals surface area contributed by atoms with E-state index in [2.05, 4.69) is 15.0 Å². The van der Waals surface area contributed by atoms with Gasteiger partial charge >= 0.3 is 0 Å². The Bertz CT molecular complexity index is 1270. The number of nitrogens with one attached hydrogen (secondary N) is 1. The van der Waals surface area contributed by atoms with Crippen molar-refractivity contribution >= 4 is 20.7 Å². The van der Waals surface area contributed by atoms with Crippen molar-refractivity contribution in [3.8, 4) is 11.3 Å². The summed E-state index contributed by atoms with van der Waals surface area (Å²) in [5, 5.41) is 4.65. The summed E-state index contributed by atoms with van der Waals surface area (Å²) in [7, 11) is -3.00. The summed E-state index contributed by atoms with van der Waals surface area (Å²) >= 11 is 0. The Morgan fingerprint density at radius 3 is 2.52 bits per heavy atom. The molecule has 3 aromatic rings. The Kier molecular flexibility index (Phi) is 5.74. The van der Waals surface area contributed by atoms with Crippen LogP contribution in [0.15, 0.2) is 35.3 Å². The molecule has 31 heavy (non-hydrogen) atoms. The largest absolute Gasteiger partial charge is 0.322 e. The Labute approximate surface area is 180 Å². The predicted octanol–water partition coefficient (Wildman–Crippen LogP) is 2.98. The van der Waals surface area contributed by atoms with Crippen LogP contribution in [-0.2, 0) is 16.4 Å². The van der Waals surface area contributed by atoms with Gasteiger partial charge in [0, 0.05) is 42.5 Å². The van der Waals surface area contributed by atoms with Crippen LogP contribution in [0.4, 0.5) is 4.39 Å². The van der Waals surface area contributed by atoms with Crippen molar-refractivity contribution in [1.82, 2.24) is 19.7 Å². The normalized spacial score (nSPS) is 18.0. The maximum absolute atomic E-state index is 14.6. The quantitative estimate of drug-likeness (QED) is 0.651. The first-order valence-corrected chi connectivity index (χ1v) is 12.4. The first-order chi connectivity index (χ1) is 14.7. The molecule has 0 bridgehead atoms. The molecule has 1 aliphatic rings. The molecule has 1 saturated heterocycles. The number of rotatable bonds is 5. The van der Waals surface area contributed by atoms with Crippen LogP contribution in [0.5, 0.6) is 0 Å². The van der Waals surface area contributed by atoms with Gasteiger partial charge in [0.1, 0.15) is 5.82 Å². The van der Waals surface area contributed by atoms with Crippen molar-refractivity contribution in [2.24, 2.45) is 5.92 Å². The number of H-pyrrole nitrogens is 1.